The molecule has 1 heterocycles. The number of nitrogens with zero attached hydrogens (tertiary/aromatic N) is 2. The average molecular weight is 304 g/mol. The molecule has 120 valence electrons. The Hall–Kier alpha value is -1.88. The van der Waals surface area contributed by atoms with Crippen molar-refractivity contribution in [2.75, 3.05) is 20.1 Å². The monoisotopic (exact) mass is 304 g/mol. The van der Waals surface area contributed by atoms with Crippen molar-refractivity contribution in [2.45, 2.75) is 32.4 Å². The minimum absolute atomic E-state index is 0.00118. The van der Waals surface area contributed by atoms with Crippen molar-refractivity contribution in [1.82, 2.24) is 9.80 Å². The summed E-state index contributed by atoms with van der Waals surface area (Å²) < 4.78 is 0. The number of carbonyl (C=O) groups is 2. The Kier molecular flexibility index (Phi) is 4.86. The van der Waals surface area contributed by atoms with E-state index in [1.807, 2.05) is 30.3 Å². The van der Waals surface area contributed by atoms with Gasteiger partial charge in [-0.15, -0.1) is 0 Å². The highest BCUT2D eigenvalue weighted by Gasteiger charge is 2.36. The summed E-state index contributed by atoms with van der Waals surface area (Å²) in [7, 11) is 1.72. The van der Waals surface area contributed by atoms with E-state index >= 15 is 0 Å². The van der Waals surface area contributed by atoms with E-state index in [4.69, 9.17) is 0 Å². The van der Waals surface area contributed by atoms with Crippen LogP contribution in [0.1, 0.15) is 25.8 Å². The normalized spacial score (nSPS) is 18.6. The molecule has 22 heavy (non-hydrogen) atoms. The minimum Gasteiger partial charge on any atom is -0.389 e. The fraction of sp³-hybridized carbons (Fsp3) is 0.529. The van der Waals surface area contributed by atoms with Crippen molar-refractivity contribution in [1.29, 1.82) is 0 Å². The minimum atomic E-state index is -0.973. The second-order valence-corrected chi connectivity index (χ2v) is 6.67. The summed E-state index contributed by atoms with van der Waals surface area (Å²) in [6.07, 6.45) is 0.256. The molecule has 0 radical (unpaired) electrons. The van der Waals surface area contributed by atoms with Gasteiger partial charge in [-0.2, -0.15) is 0 Å². The number of hydrogen-bond acceptors (Lipinski definition) is 3. The molecule has 1 N–H and O–H groups in total. The molecule has 1 aromatic carbocycles. The topological polar surface area (TPSA) is 60.9 Å². The first-order chi connectivity index (χ1) is 10.3. The van der Waals surface area contributed by atoms with Crippen LogP contribution in [0.4, 0.5) is 0 Å². The molecule has 1 saturated heterocycles. The van der Waals surface area contributed by atoms with Crippen LogP contribution in [0.3, 0.4) is 0 Å². The van der Waals surface area contributed by atoms with E-state index in [0.29, 0.717) is 13.1 Å². The fourth-order valence-corrected chi connectivity index (χ4v) is 2.77. The first-order valence-corrected chi connectivity index (χ1v) is 7.55. The number of likely N-dealkylation sites (tertiary alicyclic amines) is 1. The van der Waals surface area contributed by atoms with E-state index in [9.17, 15) is 14.7 Å². The van der Waals surface area contributed by atoms with Gasteiger partial charge in [0.25, 0.3) is 0 Å². The fourth-order valence-electron chi connectivity index (χ4n) is 2.77. The number of rotatable bonds is 5. The van der Waals surface area contributed by atoms with Gasteiger partial charge in [0.1, 0.15) is 0 Å². The van der Waals surface area contributed by atoms with Crippen molar-refractivity contribution in [3.05, 3.63) is 35.9 Å². The van der Waals surface area contributed by atoms with Gasteiger partial charge in [-0.3, -0.25) is 9.59 Å². The van der Waals surface area contributed by atoms with Gasteiger partial charge in [-0.05, 0) is 19.4 Å². The van der Waals surface area contributed by atoms with Gasteiger partial charge in [0.15, 0.2) is 0 Å². The lowest BCUT2D eigenvalue weighted by Gasteiger charge is -2.31. The van der Waals surface area contributed by atoms with Crippen molar-refractivity contribution in [2.24, 2.45) is 5.92 Å². The predicted molar refractivity (Wildman–Crippen MR) is 83.9 cm³/mol. The summed E-state index contributed by atoms with van der Waals surface area (Å²) in [6, 6.07) is 9.69. The molecule has 1 aromatic rings. The number of amides is 2. The smallest absolute Gasteiger partial charge is 0.228 e. The summed E-state index contributed by atoms with van der Waals surface area (Å²) in [6.45, 7) is 4.51. The van der Waals surface area contributed by atoms with Gasteiger partial charge in [-0.1, -0.05) is 30.3 Å². The lowest BCUT2D eigenvalue weighted by Crippen LogP contribution is -2.44. The van der Waals surface area contributed by atoms with Crippen LogP contribution in [0.15, 0.2) is 30.3 Å². The lowest BCUT2D eigenvalue weighted by molar-refractivity contribution is -0.139. The molecule has 0 bridgehead atoms. The van der Waals surface area contributed by atoms with Gasteiger partial charge >= 0.3 is 0 Å². The first-order valence-electron chi connectivity index (χ1n) is 7.55. The van der Waals surface area contributed by atoms with E-state index in [1.54, 1.807) is 30.7 Å². The summed E-state index contributed by atoms with van der Waals surface area (Å²) in [5.41, 5.74) is 0.0386. The van der Waals surface area contributed by atoms with Gasteiger partial charge in [0, 0.05) is 33.1 Å². The molecule has 2 amide bonds. The Balaban J connectivity index is 2.13. The highest BCUT2D eigenvalue weighted by Crippen LogP contribution is 2.21. The van der Waals surface area contributed by atoms with Crippen LogP contribution >= 0.6 is 0 Å². The maximum atomic E-state index is 12.8. The summed E-state index contributed by atoms with van der Waals surface area (Å²) >= 11 is 0. The molecule has 5 nitrogen and oxygen atoms in total. The zero-order chi connectivity index (χ0) is 16.3. The first kappa shape index (κ1) is 16.5. The van der Waals surface area contributed by atoms with E-state index in [1.165, 1.54) is 0 Å². The van der Waals surface area contributed by atoms with Crippen molar-refractivity contribution >= 4 is 11.8 Å². The second-order valence-electron chi connectivity index (χ2n) is 6.67. The molecule has 1 aliphatic rings. The average Bonchev–Trinajstić information content (AvgIpc) is 2.77. The van der Waals surface area contributed by atoms with Crippen LogP contribution in [-0.2, 0) is 16.1 Å². The van der Waals surface area contributed by atoms with E-state index in [2.05, 4.69) is 0 Å². The standard InChI is InChI=1S/C17H24N2O3/c1-17(2,22)12-19(10-13-7-5-4-6-8-13)16(21)14-9-15(20)18(3)11-14/h4-8,14,22H,9-12H2,1-3H3. The van der Waals surface area contributed by atoms with Crippen molar-refractivity contribution in [3.63, 3.8) is 0 Å². The molecule has 5 heteroatoms. The highest BCUT2D eigenvalue weighted by atomic mass is 16.3. The number of hydrogen-bond donors (Lipinski definition) is 1. The van der Waals surface area contributed by atoms with Gasteiger partial charge in [0.2, 0.25) is 11.8 Å². The third-order valence-electron chi connectivity index (χ3n) is 3.80. The Labute approximate surface area is 131 Å². The lowest BCUT2D eigenvalue weighted by atomic mass is 10.0. The Morgan fingerprint density at radius 3 is 2.50 bits per heavy atom. The van der Waals surface area contributed by atoms with Crippen molar-refractivity contribution < 1.29 is 14.7 Å². The van der Waals surface area contributed by atoms with Crippen LogP contribution in [0.5, 0.6) is 0 Å². The second kappa shape index (κ2) is 6.48. The quantitative estimate of drug-likeness (QED) is 0.891. The molecular weight excluding hydrogens is 280 g/mol. The Morgan fingerprint density at radius 1 is 1.36 bits per heavy atom. The Bertz CT molecular complexity index is 537. The highest BCUT2D eigenvalue weighted by molar-refractivity contribution is 5.89. The number of benzene rings is 1. The van der Waals surface area contributed by atoms with Crippen LogP contribution in [0.25, 0.3) is 0 Å². The van der Waals surface area contributed by atoms with Crippen LogP contribution < -0.4 is 0 Å². The van der Waals surface area contributed by atoms with E-state index < -0.39 is 5.60 Å². The molecule has 2 rings (SSSR count). The third kappa shape index (κ3) is 4.31. The van der Waals surface area contributed by atoms with Crippen LogP contribution in [-0.4, -0.2) is 52.5 Å². The maximum Gasteiger partial charge on any atom is 0.228 e. The molecule has 0 aromatic heterocycles. The molecule has 0 spiro atoms. The molecule has 1 unspecified atom stereocenters. The SMILES string of the molecule is CN1CC(C(=O)N(Cc2ccccc2)CC(C)(C)O)CC1=O. The maximum absolute atomic E-state index is 12.8. The zero-order valence-corrected chi connectivity index (χ0v) is 13.5. The molecular formula is C17H24N2O3. The Morgan fingerprint density at radius 2 is 2.00 bits per heavy atom. The van der Waals surface area contributed by atoms with Crippen LogP contribution in [0.2, 0.25) is 0 Å². The molecule has 1 fully saturated rings. The number of aliphatic hydroxyl groups is 1. The molecule has 0 saturated carbocycles. The summed E-state index contributed by atoms with van der Waals surface area (Å²) in [4.78, 5) is 27.7. The van der Waals surface area contributed by atoms with E-state index in [-0.39, 0.29) is 30.7 Å². The van der Waals surface area contributed by atoms with Crippen LogP contribution in [0, 0.1) is 5.92 Å². The predicted octanol–water partition coefficient (Wildman–Crippen LogP) is 1.26. The third-order valence-corrected chi connectivity index (χ3v) is 3.80. The van der Waals surface area contributed by atoms with Gasteiger partial charge in [-0.25, -0.2) is 0 Å². The van der Waals surface area contributed by atoms with Gasteiger partial charge < -0.3 is 14.9 Å². The molecule has 0 aliphatic carbocycles. The summed E-state index contributed by atoms with van der Waals surface area (Å²) in [5, 5.41) is 10.1. The largest absolute Gasteiger partial charge is 0.389 e. The molecule has 1 aliphatic heterocycles. The van der Waals surface area contributed by atoms with Gasteiger partial charge in [0.05, 0.1) is 11.5 Å². The zero-order valence-electron chi connectivity index (χ0n) is 13.5. The number of carbonyl (C=O) groups excluding carboxylic acids is 2. The summed E-state index contributed by atoms with van der Waals surface area (Å²) in [5.74, 6) is -0.381. The van der Waals surface area contributed by atoms with Crippen molar-refractivity contribution in [3.8, 4) is 0 Å². The van der Waals surface area contributed by atoms with E-state index in [0.717, 1.165) is 5.56 Å². The molecule has 1 atom stereocenters.